The van der Waals surface area contributed by atoms with Gasteiger partial charge in [-0.2, -0.15) is 0 Å². The number of carbonyl (C=O) groups is 1. The second-order valence-corrected chi connectivity index (χ2v) is 9.57. The number of ether oxygens (including phenoxy) is 1. The topological polar surface area (TPSA) is 70.6 Å². The molecule has 0 saturated heterocycles. The monoisotopic (exact) mass is 496 g/mol. The normalized spacial score (nSPS) is 20.3. The Bertz CT molecular complexity index is 1190. The van der Waals surface area contributed by atoms with E-state index in [1.54, 1.807) is 17.4 Å². The van der Waals surface area contributed by atoms with Crippen molar-refractivity contribution in [2.24, 2.45) is 0 Å². The molecule has 0 saturated carbocycles. The number of allylic oxidation sites excluding steroid dienone is 1. The fourth-order valence-electron chi connectivity index (χ4n) is 4.38. The molecule has 2 heterocycles. The van der Waals surface area contributed by atoms with Crippen molar-refractivity contribution in [2.75, 3.05) is 17.7 Å². The Kier molecular flexibility index (Phi) is 5.24. The molecule has 31 heavy (non-hydrogen) atoms. The third-order valence-electron chi connectivity index (χ3n) is 5.86. The maximum atomic E-state index is 13.5. The molecule has 1 aliphatic heterocycles. The summed E-state index contributed by atoms with van der Waals surface area (Å²) in [5.41, 5.74) is 4.40. The maximum absolute atomic E-state index is 13.5. The maximum Gasteiger partial charge on any atom is 0.172 e. The van der Waals surface area contributed by atoms with Crippen molar-refractivity contribution in [2.45, 2.75) is 24.8 Å². The molecule has 0 radical (unpaired) electrons. The summed E-state index contributed by atoms with van der Waals surface area (Å²) in [7, 11) is 1.52. The number of halogens is 1. The SMILES string of the molecule is COc1cc([C@H]2Nc3ccccc3NC3=C2C(=O)C[C@@H](c2cccs2)C3)cc(Br)c1O. The molecule has 5 nitrogen and oxygen atoms in total. The minimum Gasteiger partial charge on any atom is -0.503 e. The average Bonchev–Trinajstić information content (AvgIpc) is 3.24. The number of anilines is 2. The van der Waals surface area contributed by atoms with Gasteiger partial charge in [-0.05, 0) is 63.6 Å². The van der Waals surface area contributed by atoms with E-state index in [0.29, 0.717) is 16.6 Å². The quantitative estimate of drug-likeness (QED) is 0.402. The number of fused-ring (bicyclic) bond motifs is 1. The largest absolute Gasteiger partial charge is 0.503 e. The number of carbonyl (C=O) groups excluding carboxylic acids is 1. The number of aromatic hydroxyl groups is 1. The van der Waals surface area contributed by atoms with Crippen LogP contribution in [-0.2, 0) is 4.79 Å². The fraction of sp³-hybridized carbons (Fsp3) is 0.208. The van der Waals surface area contributed by atoms with Crippen molar-refractivity contribution in [3.63, 3.8) is 0 Å². The molecule has 7 heteroatoms. The number of phenolic OH excluding ortho intramolecular Hbond substituents is 1. The summed E-state index contributed by atoms with van der Waals surface area (Å²) in [6.45, 7) is 0. The number of phenols is 1. The molecule has 3 aromatic rings. The van der Waals surface area contributed by atoms with Gasteiger partial charge >= 0.3 is 0 Å². The Morgan fingerprint density at radius 3 is 2.68 bits per heavy atom. The molecule has 2 aromatic carbocycles. The van der Waals surface area contributed by atoms with E-state index < -0.39 is 0 Å². The zero-order chi connectivity index (χ0) is 21.5. The summed E-state index contributed by atoms with van der Waals surface area (Å²) in [5.74, 6) is 0.699. The summed E-state index contributed by atoms with van der Waals surface area (Å²) in [5, 5.41) is 19.4. The van der Waals surface area contributed by atoms with E-state index in [0.717, 1.165) is 34.6 Å². The summed E-state index contributed by atoms with van der Waals surface area (Å²) in [4.78, 5) is 14.7. The lowest BCUT2D eigenvalue weighted by atomic mass is 9.80. The van der Waals surface area contributed by atoms with E-state index in [-0.39, 0.29) is 23.5 Å². The van der Waals surface area contributed by atoms with Gasteiger partial charge in [0.2, 0.25) is 0 Å². The third-order valence-corrected chi connectivity index (χ3v) is 7.50. The standard InChI is InChI=1S/C24H21BrN2O3S/c1-30-20-12-14(9-15(25)24(20)29)23-22-18(26-16-5-2-3-6-17(16)27-23)10-13(11-19(22)28)21-7-4-8-31-21/h2-9,12-13,23,26-27,29H,10-11H2,1H3/t13-,23+/m0/s1. The highest BCUT2D eigenvalue weighted by atomic mass is 79.9. The van der Waals surface area contributed by atoms with E-state index >= 15 is 0 Å². The van der Waals surface area contributed by atoms with Gasteiger partial charge in [0.25, 0.3) is 0 Å². The van der Waals surface area contributed by atoms with E-state index in [9.17, 15) is 9.90 Å². The van der Waals surface area contributed by atoms with Crippen LogP contribution < -0.4 is 15.4 Å². The molecule has 0 amide bonds. The first kappa shape index (κ1) is 20.2. The number of hydrogen-bond donors (Lipinski definition) is 3. The fourth-order valence-corrected chi connectivity index (χ4v) is 5.67. The van der Waals surface area contributed by atoms with Crippen LogP contribution in [0.15, 0.2) is 69.7 Å². The number of thiophene rings is 1. The molecule has 158 valence electrons. The highest BCUT2D eigenvalue weighted by Gasteiger charge is 2.36. The third kappa shape index (κ3) is 3.62. The van der Waals surface area contributed by atoms with Crippen molar-refractivity contribution >= 4 is 44.4 Å². The smallest absolute Gasteiger partial charge is 0.172 e. The average molecular weight is 497 g/mol. The van der Waals surface area contributed by atoms with Gasteiger partial charge in [-0.3, -0.25) is 4.79 Å². The first-order chi connectivity index (χ1) is 15.0. The molecule has 2 aliphatic rings. The highest BCUT2D eigenvalue weighted by molar-refractivity contribution is 9.10. The number of rotatable bonds is 3. The van der Waals surface area contributed by atoms with Crippen LogP contribution in [0, 0.1) is 0 Å². The molecule has 0 fully saturated rings. The van der Waals surface area contributed by atoms with Gasteiger partial charge in [0.15, 0.2) is 17.3 Å². The summed E-state index contributed by atoms with van der Waals surface area (Å²) in [6.07, 6.45) is 1.25. The van der Waals surface area contributed by atoms with Gasteiger partial charge in [-0.15, -0.1) is 11.3 Å². The molecule has 0 bridgehead atoms. The second kappa shape index (κ2) is 8.05. The van der Waals surface area contributed by atoms with Crippen molar-refractivity contribution in [3.8, 4) is 11.5 Å². The van der Waals surface area contributed by atoms with Crippen LogP contribution >= 0.6 is 27.3 Å². The molecule has 1 aromatic heterocycles. The van der Waals surface area contributed by atoms with E-state index in [1.165, 1.54) is 12.0 Å². The van der Waals surface area contributed by atoms with Crippen molar-refractivity contribution in [1.29, 1.82) is 0 Å². The molecule has 3 N–H and O–H groups in total. The van der Waals surface area contributed by atoms with E-state index in [4.69, 9.17) is 4.74 Å². The van der Waals surface area contributed by atoms with Crippen LogP contribution in [0.25, 0.3) is 0 Å². The molecule has 0 spiro atoms. The molecule has 0 unspecified atom stereocenters. The molecule has 1 aliphatic carbocycles. The van der Waals surface area contributed by atoms with E-state index in [1.807, 2.05) is 36.4 Å². The summed E-state index contributed by atoms with van der Waals surface area (Å²) >= 11 is 5.12. The lowest BCUT2D eigenvalue weighted by Gasteiger charge is -2.29. The lowest BCUT2D eigenvalue weighted by Crippen LogP contribution is -2.26. The van der Waals surface area contributed by atoms with Crippen LogP contribution in [0.4, 0.5) is 11.4 Å². The molecule has 5 rings (SSSR count). The predicted octanol–water partition coefficient (Wildman–Crippen LogP) is 6.20. The number of hydrogen-bond acceptors (Lipinski definition) is 6. The Morgan fingerprint density at radius 1 is 1.13 bits per heavy atom. The Hall–Kier alpha value is -2.77. The Labute approximate surface area is 192 Å². The Balaban J connectivity index is 1.65. The van der Waals surface area contributed by atoms with Crippen LogP contribution in [0.5, 0.6) is 11.5 Å². The molecular formula is C24H21BrN2O3S. The van der Waals surface area contributed by atoms with Crippen LogP contribution in [0.3, 0.4) is 0 Å². The highest BCUT2D eigenvalue weighted by Crippen LogP contribution is 2.46. The van der Waals surface area contributed by atoms with Crippen molar-refractivity contribution in [1.82, 2.24) is 0 Å². The van der Waals surface area contributed by atoms with Gasteiger partial charge in [0.05, 0.1) is 29.0 Å². The van der Waals surface area contributed by atoms with Gasteiger partial charge in [-0.25, -0.2) is 0 Å². The Morgan fingerprint density at radius 2 is 1.94 bits per heavy atom. The second-order valence-electron chi connectivity index (χ2n) is 7.74. The zero-order valence-corrected chi connectivity index (χ0v) is 19.2. The van der Waals surface area contributed by atoms with Gasteiger partial charge in [-0.1, -0.05) is 18.2 Å². The van der Waals surface area contributed by atoms with Gasteiger partial charge in [0, 0.05) is 28.5 Å². The van der Waals surface area contributed by atoms with Gasteiger partial charge in [0.1, 0.15) is 0 Å². The minimum atomic E-state index is -0.367. The summed E-state index contributed by atoms with van der Waals surface area (Å²) < 4.78 is 5.89. The van der Waals surface area contributed by atoms with E-state index in [2.05, 4.69) is 38.0 Å². The first-order valence-electron chi connectivity index (χ1n) is 10.0. The number of Topliss-reactive ketones (excluding diaryl/α,β-unsaturated/α-hetero) is 1. The van der Waals surface area contributed by atoms with Crippen LogP contribution in [-0.4, -0.2) is 18.0 Å². The van der Waals surface area contributed by atoms with Crippen molar-refractivity contribution < 1.29 is 14.6 Å². The number of nitrogens with one attached hydrogen (secondary N) is 2. The lowest BCUT2D eigenvalue weighted by molar-refractivity contribution is -0.116. The molecular weight excluding hydrogens is 476 g/mol. The summed E-state index contributed by atoms with van der Waals surface area (Å²) in [6, 6.07) is 15.4. The first-order valence-corrected chi connectivity index (χ1v) is 11.7. The number of methoxy groups -OCH3 is 1. The minimum absolute atomic E-state index is 0.0420. The number of ketones is 1. The van der Waals surface area contributed by atoms with Crippen molar-refractivity contribution in [3.05, 3.63) is 80.1 Å². The number of benzene rings is 2. The van der Waals surface area contributed by atoms with Crippen LogP contribution in [0.1, 0.15) is 35.2 Å². The predicted molar refractivity (Wildman–Crippen MR) is 127 cm³/mol. The van der Waals surface area contributed by atoms with Crippen LogP contribution in [0.2, 0.25) is 0 Å². The molecule has 2 atom stereocenters. The number of para-hydroxylation sites is 2. The van der Waals surface area contributed by atoms with Gasteiger partial charge < -0.3 is 20.5 Å². The zero-order valence-electron chi connectivity index (χ0n) is 16.8.